The molecule has 1 aromatic rings. The zero-order valence-corrected chi connectivity index (χ0v) is 6.30. The summed E-state index contributed by atoms with van der Waals surface area (Å²) in [7, 11) is 0. The Labute approximate surface area is 65.9 Å². The van der Waals surface area contributed by atoms with Gasteiger partial charge in [-0.2, -0.15) is 0 Å². The predicted octanol–water partition coefficient (Wildman–Crippen LogP) is 0.212. The lowest BCUT2D eigenvalue weighted by molar-refractivity contribution is 0.477. The highest BCUT2D eigenvalue weighted by Gasteiger charge is 1.97. The van der Waals surface area contributed by atoms with E-state index in [0.717, 1.165) is 0 Å². The maximum Gasteiger partial charge on any atom is 0.138 e. The highest BCUT2D eigenvalue weighted by atomic mass is 32.2. The van der Waals surface area contributed by atoms with Crippen LogP contribution in [0, 0.1) is 0 Å². The first kappa shape index (κ1) is 8.03. The van der Waals surface area contributed by atoms with Crippen molar-refractivity contribution < 1.29 is 13.9 Å². The van der Waals surface area contributed by atoms with Crippen LogP contribution in [0.3, 0.4) is 0 Å². The van der Waals surface area contributed by atoms with Gasteiger partial charge in [0.1, 0.15) is 5.75 Å². The van der Waals surface area contributed by atoms with Gasteiger partial charge in [0.2, 0.25) is 0 Å². The van der Waals surface area contributed by atoms with E-state index in [1.165, 1.54) is 18.2 Å². The van der Waals surface area contributed by atoms with E-state index in [1.54, 1.807) is 0 Å². The number of rotatable bonds is 1. The van der Waals surface area contributed by atoms with Gasteiger partial charge in [0.05, 0.1) is 5.69 Å². The molecule has 0 heterocycles. The number of aromatic hydroxyl groups is 1. The molecule has 0 bridgehead atoms. The second-order valence-corrected chi connectivity index (χ2v) is 2.90. The Balaban J connectivity index is 3.15. The molecular weight excluding hydrogens is 166 g/mol. The number of nitrogen functional groups attached to an aromatic ring is 1. The molecule has 0 saturated carbocycles. The second kappa shape index (κ2) is 2.89. The van der Waals surface area contributed by atoms with Crippen molar-refractivity contribution in [1.29, 1.82) is 0 Å². The lowest BCUT2D eigenvalue weighted by Crippen LogP contribution is -1.91. The van der Waals surface area contributed by atoms with Crippen LogP contribution in [0.4, 0.5) is 5.69 Å². The summed E-state index contributed by atoms with van der Waals surface area (Å²) in [6.07, 6.45) is 0. The van der Waals surface area contributed by atoms with Crippen LogP contribution in [0.2, 0.25) is 0 Å². The molecule has 0 aromatic heterocycles. The first-order valence-corrected chi connectivity index (χ1v) is 3.86. The Morgan fingerprint density at radius 2 is 2.18 bits per heavy atom. The zero-order chi connectivity index (χ0) is 8.43. The van der Waals surface area contributed by atoms with Gasteiger partial charge in [-0.05, 0) is 29.3 Å². The molecule has 11 heavy (non-hydrogen) atoms. The quantitative estimate of drug-likeness (QED) is 0.360. The number of benzene rings is 1. The largest absolute Gasteiger partial charge is 0.768 e. The summed E-state index contributed by atoms with van der Waals surface area (Å²) in [5.41, 5.74) is 5.30. The van der Waals surface area contributed by atoms with E-state index < -0.39 is 11.1 Å². The number of nitrogens with two attached hydrogens (primary N) is 1. The van der Waals surface area contributed by atoms with Crippen molar-refractivity contribution in [2.75, 3.05) is 5.73 Å². The fraction of sp³-hybridized carbons (Fsp3) is 0. The fourth-order valence-corrected chi connectivity index (χ4v) is 1.04. The number of phenolic OH excluding ortho intramolecular Hbond substituents is 1. The monoisotopic (exact) mass is 172 g/mol. The minimum Gasteiger partial charge on any atom is -0.768 e. The normalized spacial score (nSPS) is 12.8. The van der Waals surface area contributed by atoms with Crippen LogP contribution in [0.5, 0.6) is 5.75 Å². The lowest BCUT2D eigenvalue weighted by Gasteiger charge is -2.05. The van der Waals surface area contributed by atoms with Gasteiger partial charge in [0.15, 0.2) is 0 Å². The Morgan fingerprint density at radius 1 is 1.55 bits per heavy atom. The van der Waals surface area contributed by atoms with E-state index in [0.29, 0.717) is 0 Å². The Morgan fingerprint density at radius 3 is 2.64 bits per heavy atom. The van der Waals surface area contributed by atoms with Gasteiger partial charge < -0.3 is 15.4 Å². The van der Waals surface area contributed by atoms with Gasteiger partial charge in [-0.3, -0.25) is 4.21 Å². The fourth-order valence-electron chi connectivity index (χ4n) is 0.636. The smallest absolute Gasteiger partial charge is 0.138 e. The van der Waals surface area contributed by atoms with Gasteiger partial charge in [-0.15, -0.1) is 0 Å². The number of phenols is 1. The molecule has 3 N–H and O–H groups in total. The van der Waals surface area contributed by atoms with Crippen LogP contribution in [0.25, 0.3) is 0 Å². The van der Waals surface area contributed by atoms with Crippen molar-refractivity contribution in [1.82, 2.24) is 0 Å². The Hall–Kier alpha value is -1.07. The van der Waals surface area contributed by atoms with Gasteiger partial charge in [0.25, 0.3) is 0 Å². The molecule has 0 radical (unpaired) electrons. The standard InChI is InChI=1S/C6H7NO3S/c7-5-3-4(11(9)10)1-2-6(5)8/h1-3,8H,7H2,(H,9,10)/p-1. The third kappa shape index (κ3) is 1.69. The summed E-state index contributed by atoms with van der Waals surface area (Å²) in [4.78, 5) is 0.0697. The lowest BCUT2D eigenvalue weighted by atomic mass is 10.3. The molecule has 0 aliphatic rings. The number of hydrogen-bond acceptors (Lipinski definition) is 4. The first-order chi connectivity index (χ1) is 5.11. The van der Waals surface area contributed by atoms with E-state index in [-0.39, 0.29) is 16.3 Å². The molecule has 1 atom stereocenters. The predicted molar refractivity (Wildman–Crippen MR) is 39.7 cm³/mol. The van der Waals surface area contributed by atoms with E-state index in [9.17, 15) is 8.76 Å². The van der Waals surface area contributed by atoms with Gasteiger partial charge in [0, 0.05) is 4.90 Å². The first-order valence-electron chi connectivity index (χ1n) is 2.79. The van der Waals surface area contributed by atoms with Crippen molar-refractivity contribution in [3.8, 4) is 5.75 Å². The summed E-state index contributed by atoms with van der Waals surface area (Å²) in [5, 5.41) is 8.90. The van der Waals surface area contributed by atoms with Crippen LogP contribution in [0.15, 0.2) is 23.1 Å². The molecule has 4 nitrogen and oxygen atoms in total. The molecular formula is C6H6NO3S-. The second-order valence-electron chi connectivity index (χ2n) is 1.96. The highest BCUT2D eigenvalue weighted by molar-refractivity contribution is 7.79. The van der Waals surface area contributed by atoms with Gasteiger partial charge in [-0.1, -0.05) is 0 Å². The summed E-state index contributed by atoms with van der Waals surface area (Å²) >= 11 is -2.29. The third-order valence-corrected chi connectivity index (χ3v) is 1.83. The van der Waals surface area contributed by atoms with E-state index in [2.05, 4.69) is 0 Å². The zero-order valence-electron chi connectivity index (χ0n) is 5.48. The molecule has 0 spiro atoms. The third-order valence-electron chi connectivity index (χ3n) is 1.19. The molecule has 0 fully saturated rings. The van der Waals surface area contributed by atoms with E-state index in [1.807, 2.05) is 0 Å². The van der Waals surface area contributed by atoms with Crippen LogP contribution < -0.4 is 5.73 Å². The molecule has 1 aromatic carbocycles. The summed E-state index contributed by atoms with van der Waals surface area (Å²) in [6.45, 7) is 0. The maximum atomic E-state index is 10.3. The molecule has 0 aliphatic heterocycles. The number of hydrogen-bond donors (Lipinski definition) is 2. The van der Waals surface area contributed by atoms with Crippen LogP contribution in [-0.2, 0) is 11.1 Å². The van der Waals surface area contributed by atoms with Crippen molar-refractivity contribution in [2.24, 2.45) is 0 Å². The molecule has 0 amide bonds. The van der Waals surface area contributed by atoms with Crippen molar-refractivity contribution >= 4 is 16.8 Å². The van der Waals surface area contributed by atoms with Gasteiger partial charge >= 0.3 is 0 Å². The summed E-state index contributed by atoms with van der Waals surface area (Å²) < 4.78 is 20.7. The van der Waals surface area contributed by atoms with Crippen LogP contribution >= 0.6 is 0 Å². The summed E-state index contributed by atoms with van der Waals surface area (Å²) in [5.74, 6) is -0.112. The summed E-state index contributed by atoms with van der Waals surface area (Å²) in [6, 6.07) is 3.70. The average molecular weight is 172 g/mol. The van der Waals surface area contributed by atoms with Crippen LogP contribution in [0.1, 0.15) is 0 Å². The molecule has 1 unspecified atom stereocenters. The highest BCUT2D eigenvalue weighted by Crippen LogP contribution is 2.21. The minimum atomic E-state index is -2.29. The van der Waals surface area contributed by atoms with Gasteiger partial charge in [-0.25, -0.2) is 0 Å². The molecule has 5 heteroatoms. The van der Waals surface area contributed by atoms with E-state index in [4.69, 9.17) is 10.8 Å². The Kier molecular flexibility index (Phi) is 2.11. The minimum absolute atomic E-state index is 0.0618. The van der Waals surface area contributed by atoms with E-state index >= 15 is 0 Å². The molecule has 1 rings (SSSR count). The average Bonchev–Trinajstić information content (AvgIpc) is 1.94. The molecule has 0 saturated heterocycles. The number of anilines is 1. The Bertz CT molecular complexity index is 300. The SMILES string of the molecule is Nc1cc(S(=O)[O-])ccc1O. The van der Waals surface area contributed by atoms with Crippen LogP contribution in [-0.4, -0.2) is 13.9 Å². The topological polar surface area (TPSA) is 86.4 Å². The molecule has 0 aliphatic carbocycles. The maximum absolute atomic E-state index is 10.3. The molecule has 60 valence electrons. The van der Waals surface area contributed by atoms with Crippen molar-refractivity contribution in [3.05, 3.63) is 18.2 Å². The van der Waals surface area contributed by atoms with Crippen molar-refractivity contribution in [2.45, 2.75) is 4.90 Å². The van der Waals surface area contributed by atoms with Crippen molar-refractivity contribution in [3.63, 3.8) is 0 Å².